The van der Waals surface area contributed by atoms with E-state index < -0.39 is 15.9 Å². The predicted octanol–water partition coefficient (Wildman–Crippen LogP) is 3.25. The number of para-hydroxylation sites is 1. The highest BCUT2D eigenvalue weighted by molar-refractivity contribution is 7.92. The largest absolute Gasteiger partial charge is 0.298 e. The Bertz CT molecular complexity index is 1060. The number of sulfonamides is 1. The van der Waals surface area contributed by atoms with Gasteiger partial charge in [-0.2, -0.15) is 0 Å². The van der Waals surface area contributed by atoms with Crippen LogP contribution in [0.4, 0.5) is 10.8 Å². The number of amides is 1. The number of rotatable bonds is 4. The lowest BCUT2D eigenvalue weighted by Gasteiger charge is -2.19. The summed E-state index contributed by atoms with van der Waals surface area (Å²) in [7, 11) is -2.05. The van der Waals surface area contributed by atoms with Crippen LogP contribution in [0.3, 0.4) is 0 Å². The second-order valence-corrected chi connectivity index (χ2v) is 8.74. The molecule has 1 amide bonds. The van der Waals surface area contributed by atoms with Crippen molar-refractivity contribution in [3.05, 3.63) is 53.6 Å². The van der Waals surface area contributed by atoms with E-state index in [1.54, 1.807) is 24.3 Å². The maximum atomic E-state index is 12.6. The average molecular weight is 375 g/mol. The number of benzene rings is 2. The average Bonchev–Trinajstić information content (AvgIpc) is 2.94. The number of carbonyl (C=O) groups is 1. The van der Waals surface area contributed by atoms with Crippen LogP contribution in [-0.2, 0) is 10.0 Å². The van der Waals surface area contributed by atoms with Gasteiger partial charge < -0.3 is 0 Å². The molecule has 1 heterocycles. The van der Waals surface area contributed by atoms with E-state index in [1.807, 2.05) is 25.1 Å². The van der Waals surface area contributed by atoms with Crippen LogP contribution in [0.1, 0.15) is 15.9 Å². The highest BCUT2D eigenvalue weighted by Crippen LogP contribution is 2.28. The summed E-state index contributed by atoms with van der Waals surface area (Å²) < 4.78 is 25.7. The molecule has 25 heavy (non-hydrogen) atoms. The van der Waals surface area contributed by atoms with E-state index >= 15 is 0 Å². The van der Waals surface area contributed by atoms with E-state index in [9.17, 15) is 13.2 Å². The van der Waals surface area contributed by atoms with Gasteiger partial charge in [-0.05, 0) is 36.8 Å². The third kappa shape index (κ3) is 3.64. The van der Waals surface area contributed by atoms with Gasteiger partial charge in [0.2, 0.25) is 10.0 Å². The first-order valence-corrected chi connectivity index (χ1v) is 10.1. The molecule has 0 aliphatic rings. The van der Waals surface area contributed by atoms with Crippen LogP contribution in [0.25, 0.3) is 10.2 Å². The minimum absolute atomic E-state index is 0.269. The van der Waals surface area contributed by atoms with Crippen molar-refractivity contribution in [3.8, 4) is 0 Å². The van der Waals surface area contributed by atoms with Gasteiger partial charge in [0.25, 0.3) is 5.91 Å². The SMILES string of the molecule is Cc1ccc2nc(NC(=O)c3ccccc3N(C)S(C)(=O)=O)sc2c1. The number of fused-ring (bicyclic) bond motifs is 1. The number of nitrogens with zero attached hydrogens (tertiary/aromatic N) is 2. The van der Waals surface area contributed by atoms with Gasteiger partial charge in [-0.1, -0.05) is 29.5 Å². The Morgan fingerprint density at radius 3 is 2.64 bits per heavy atom. The molecule has 6 nitrogen and oxygen atoms in total. The number of aryl methyl sites for hydroxylation is 1. The molecule has 3 aromatic rings. The molecule has 3 rings (SSSR count). The second-order valence-electron chi connectivity index (χ2n) is 5.69. The number of hydrogen-bond acceptors (Lipinski definition) is 5. The highest BCUT2D eigenvalue weighted by Gasteiger charge is 2.20. The Kier molecular flexibility index (Phi) is 4.49. The molecule has 0 saturated carbocycles. The van der Waals surface area contributed by atoms with E-state index in [-0.39, 0.29) is 5.56 Å². The summed E-state index contributed by atoms with van der Waals surface area (Å²) in [4.78, 5) is 17.0. The Morgan fingerprint density at radius 1 is 1.20 bits per heavy atom. The topological polar surface area (TPSA) is 79.4 Å². The number of thiazole rings is 1. The first kappa shape index (κ1) is 17.4. The van der Waals surface area contributed by atoms with Gasteiger partial charge in [0, 0.05) is 7.05 Å². The van der Waals surface area contributed by atoms with Crippen LogP contribution in [0.2, 0.25) is 0 Å². The van der Waals surface area contributed by atoms with E-state index in [2.05, 4.69) is 10.3 Å². The van der Waals surface area contributed by atoms with Gasteiger partial charge in [-0.25, -0.2) is 13.4 Å². The van der Waals surface area contributed by atoms with Crippen LogP contribution in [-0.4, -0.2) is 32.6 Å². The summed E-state index contributed by atoms with van der Waals surface area (Å²) in [6.45, 7) is 1.99. The third-order valence-corrected chi connectivity index (χ3v) is 5.88. The lowest BCUT2D eigenvalue weighted by molar-refractivity contribution is 0.102. The quantitative estimate of drug-likeness (QED) is 0.759. The monoisotopic (exact) mass is 375 g/mol. The van der Waals surface area contributed by atoms with E-state index in [1.165, 1.54) is 18.4 Å². The standard InChI is InChI=1S/C17H17N3O3S2/c1-11-8-9-13-15(10-11)24-17(18-13)19-16(21)12-6-4-5-7-14(12)20(2)25(3,22)23/h4-10H,1-3H3,(H,18,19,21). The molecular weight excluding hydrogens is 358 g/mol. The molecule has 0 atom stereocenters. The molecule has 0 radical (unpaired) electrons. The summed E-state index contributed by atoms with van der Waals surface area (Å²) in [5.41, 5.74) is 2.52. The number of nitrogens with one attached hydrogen (secondary N) is 1. The number of aromatic nitrogens is 1. The normalized spacial score (nSPS) is 11.5. The zero-order valence-corrected chi connectivity index (χ0v) is 15.6. The van der Waals surface area contributed by atoms with Crippen molar-refractivity contribution in [1.29, 1.82) is 0 Å². The Balaban J connectivity index is 1.93. The van der Waals surface area contributed by atoms with Gasteiger partial charge >= 0.3 is 0 Å². The Morgan fingerprint density at radius 2 is 1.92 bits per heavy atom. The molecule has 8 heteroatoms. The molecule has 1 aromatic heterocycles. The molecular formula is C17H17N3O3S2. The molecule has 1 N–H and O–H groups in total. The van der Waals surface area contributed by atoms with Crippen molar-refractivity contribution in [2.24, 2.45) is 0 Å². The van der Waals surface area contributed by atoms with Crippen LogP contribution in [0.15, 0.2) is 42.5 Å². The fourth-order valence-corrected chi connectivity index (χ4v) is 3.84. The second kappa shape index (κ2) is 6.45. The third-order valence-electron chi connectivity index (χ3n) is 3.75. The molecule has 0 bridgehead atoms. The fourth-order valence-electron chi connectivity index (χ4n) is 2.37. The van der Waals surface area contributed by atoms with E-state index in [4.69, 9.17) is 0 Å². The van der Waals surface area contributed by atoms with Crippen molar-refractivity contribution >= 4 is 48.3 Å². The summed E-state index contributed by atoms with van der Waals surface area (Å²) in [6, 6.07) is 12.4. The Hall–Kier alpha value is -2.45. The van der Waals surface area contributed by atoms with Crippen molar-refractivity contribution in [3.63, 3.8) is 0 Å². The smallest absolute Gasteiger partial charge is 0.259 e. The highest BCUT2D eigenvalue weighted by atomic mass is 32.2. The molecule has 0 aliphatic carbocycles. The lowest BCUT2D eigenvalue weighted by Crippen LogP contribution is -2.27. The predicted molar refractivity (Wildman–Crippen MR) is 102 cm³/mol. The van der Waals surface area contributed by atoms with Crippen LogP contribution < -0.4 is 9.62 Å². The molecule has 0 spiro atoms. The number of anilines is 2. The number of carbonyl (C=O) groups excluding carboxylic acids is 1. The Labute approximate surface area is 150 Å². The van der Waals surface area contributed by atoms with Gasteiger partial charge in [-0.3, -0.25) is 14.4 Å². The fraction of sp³-hybridized carbons (Fsp3) is 0.176. The molecule has 2 aromatic carbocycles. The number of hydrogen-bond donors (Lipinski definition) is 1. The zero-order valence-electron chi connectivity index (χ0n) is 14.0. The summed E-state index contributed by atoms with van der Waals surface area (Å²) in [5.74, 6) is -0.401. The zero-order chi connectivity index (χ0) is 18.2. The molecule has 0 saturated heterocycles. The maximum Gasteiger partial charge on any atom is 0.259 e. The van der Waals surface area contributed by atoms with Crippen LogP contribution in [0, 0.1) is 6.92 Å². The summed E-state index contributed by atoms with van der Waals surface area (Å²) >= 11 is 1.38. The first-order valence-electron chi connectivity index (χ1n) is 7.47. The van der Waals surface area contributed by atoms with E-state index in [0.29, 0.717) is 10.8 Å². The minimum atomic E-state index is -3.47. The molecule has 0 aliphatic heterocycles. The van der Waals surface area contributed by atoms with Gasteiger partial charge in [-0.15, -0.1) is 0 Å². The molecule has 130 valence electrons. The summed E-state index contributed by atoms with van der Waals surface area (Å²) in [5, 5.41) is 3.24. The van der Waals surface area contributed by atoms with Crippen LogP contribution in [0.5, 0.6) is 0 Å². The van der Waals surface area contributed by atoms with E-state index in [0.717, 1.165) is 26.3 Å². The van der Waals surface area contributed by atoms with Crippen molar-refractivity contribution in [2.45, 2.75) is 6.92 Å². The lowest BCUT2D eigenvalue weighted by atomic mass is 10.1. The van der Waals surface area contributed by atoms with Gasteiger partial charge in [0.1, 0.15) is 0 Å². The van der Waals surface area contributed by atoms with Crippen molar-refractivity contribution in [1.82, 2.24) is 4.98 Å². The van der Waals surface area contributed by atoms with Gasteiger partial charge in [0.05, 0.1) is 27.7 Å². The van der Waals surface area contributed by atoms with Crippen LogP contribution >= 0.6 is 11.3 Å². The minimum Gasteiger partial charge on any atom is -0.298 e. The van der Waals surface area contributed by atoms with Crippen molar-refractivity contribution < 1.29 is 13.2 Å². The first-order chi connectivity index (χ1) is 11.8. The maximum absolute atomic E-state index is 12.6. The molecule has 0 unspecified atom stereocenters. The van der Waals surface area contributed by atoms with Gasteiger partial charge in [0.15, 0.2) is 5.13 Å². The summed E-state index contributed by atoms with van der Waals surface area (Å²) in [6.07, 6.45) is 1.09. The van der Waals surface area contributed by atoms with Crippen molar-refractivity contribution in [2.75, 3.05) is 22.9 Å². The molecule has 0 fully saturated rings.